The molecule has 0 unspecified atom stereocenters. The normalized spacial score (nSPS) is 11.2. The summed E-state index contributed by atoms with van der Waals surface area (Å²) >= 11 is 0. The Kier molecular flexibility index (Phi) is 2.38. The maximum absolute atomic E-state index is 5.67. The lowest BCUT2D eigenvalue weighted by atomic mass is 9.97. The lowest BCUT2D eigenvalue weighted by Gasteiger charge is -2.10. The highest BCUT2D eigenvalue weighted by Crippen LogP contribution is 2.33. The number of benzene rings is 4. The number of hydrogen-bond acceptors (Lipinski definition) is 2. The minimum Gasteiger partial charge on any atom is -0.323 e. The summed E-state index contributed by atoms with van der Waals surface area (Å²) < 4.78 is 0. The minimum absolute atomic E-state index is 0.961. The summed E-state index contributed by atoms with van der Waals surface area (Å²) in [6.45, 7) is 0. The molecule has 20 heavy (non-hydrogen) atoms. The van der Waals surface area contributed by atoms with Crippen LogP contribution in [0.3, 0.4) is 0 Å². The summed E-state index contributed by atoms with van der Waals surface area (Å²) in [5, 5.41) is 7.35. The Hall–Kier alpha value is -2.58. The van der Waals surface area contributed by atoms with Gasteiger partial charge in [-0.2, -0.15) is 0 Å². The van der Waals surface area contributed by atoms with Crippen molar-refractivity contribution >= 4 is 38.0 Å². The molecule has 0 amide bonds. The highest BCUT2D eigenvalue weighted by atomic mass is 15.2. The molecule has 0 aromatic heterocycles. The zero-order valence-electron chi connectivity index (χ0n) is 10.9. The van der Waals surface area contributed by atoms with Crippen molar-refractivity contribution in [1.29, 1.82) is 0 Å². The van der Waals surface area contributed by atoms with E-state index in [1.807, 2.05) is 12.1 Å². The van der Waals surface area contributed by atoms with Crippen LogP contribution in [-0.4, -0.2) is 0 Å². The van der Waals surface area contributed by atoms with Crippen molar-refractivity contribution in [2.45, 2.75) is 0 Å². The first-order chi connectivity index (χ1) is 9.86. The Morgan fingerprint density at radius 2 is 1.35 bits per heavy atom. The van der Waals surface area contributed by atoms with E-state index in [2.05, 4.69) is 60.0 Å². The average molecular weight is 258 g/mol. The molecule has 0 fully saturated rings. The molecule has 2 nitrogen and oxygen atoms in total. The van der Waals surface area contributed by atoms with Crippen LogP contribution in [0.25, 0.3) is 32.3 Å². The van der Waals surface area contributed by atoms with Crippen molar-refractivity contribution in [2.24, 2.45) is 5.84 Å². The van der Waals surface area contributed by atoms with Gasteiger partial charge in [0.15, 0.2) is 0 Å². The molecule has 4 aromatic rings. The highest BCUT2D eigenvalue weighted by Gasteiger charge is 2.06. The highest BCUT2D eigenvalue weighted by molar-refractivity contribution is 6.16. The number of hydrogen-bond donors (Lipinski definition) is 2. The van der Waals surface area contributed by atoms with Crippen LogP contribution in [-0.2, 0) is 0 Å². The van der Waals surface area contributed by atoms with Gasteiger partial charge in [-0.3, -0.25) is 5.84 Å². The van der Waals surface area contributed by atoms with E-state index in [0.717, 1.165) is 5.69 Å². The monoisotopic (exact) mass is 258 g/mol. The first kappa shape index (κ1) is 11.3. The topological polar surface area (TPSA) is 38.0 Å². The predicted octanol–water partition coefficient (Wildman–Crippen LogP) is 4.43. The molecule has 0 radical (unpaired) electrons. The van der Waals surface area contributed by atoms with Crippen LogP contribution < -0.4 is 11.3 Å². The van der Waals surface area contributed by atoms with Crippen molar-refractivity contribution in [3.05, 3.63) is 66.7 Å². The summed E-state index contributed by atoms with van der Waals surface area (Å²) in [6.07, 6.45) is 0. The third kappa shape index (κ3) is 1.55. The SMILES string of the molecule is NNc1cccc2ccc3cc4ccccc4cc3c12. The predicted molar refractivity (Wildman–Crippen MR) is 86.8 cm³/mol. The van der Waals surface area contributed by atoms with Crippen LogP contribution >= 0.6 is 0 Å². The fourth-order valence-corrected chi connectivity index (χ4v) is 2.92. The standard InChI is InChI=1S/C18H14N2/c19-20-17-7-3-6-12-8-9-15-10-13-4-1-2-5-14(13)11-16(15)18(12)17/h1-11,20H,19H2. The van der Waals surface area contributed by atoms with E-state index in [0.29, 0.717) is 0 Å². The minimum atomic E-state index is 0.961. The van der Waals surface area contributed by atoms with Gasteiger partial charge in [0.1, 0.15) is 0 Å². The molecule has 0 saturated carbocycles. The Labute approximate surface area is 116 Å². The second-order valence-corrected chi connectivity index (χ2v) is 5.03. The molecule has 0 spiro atoms. The number of nitrogen functional groups attached to an aromatic ring is 1. The molecule has 0 atom stereocenters. The van der Waals surface area contributed by atoms with E-state index in [4.69, 9.17) is 5.84 Å². The zero-order valence-corrected chi connectivity index (χ0v) is 10.9. The summed E-state index contributed by atoms with van der Waals surface area (Å²) in [6, 6.07) is 23.4. The maximum atomic E-state index is 5.67. The molecule has 0 heterocycles. The van der Waals surface area contributed by atoms with Crippen LogP contribution in [0.1, 0.15) is 0 Å². The van der Waals surface area contributed by atoms with Gasteiger partial charge >= 0.3 is 0 Å². The maximum Gasteiger partial charge on any atom is 0.0569 e. The first-order valence-electron chi connectivity index (χ1n) is 6.68. The Morgan fingerprint density at radius 1 is 0.650 bits per heavy atom. The van der Waals surface area contributed by atoms with Crippen molar-refractivity contribution < 1.29 is 0 Å². The number of nitrogens with one attached hydrogen (secondary N) is 1. The molecule has 2 heteroatoms. The summed E-state index contributed by atoms with van der Waals surface area (Å²) in [5.41, 5.74) is 3.77. The summed E-state index contributed by atoms with van der Waals surface area (Å²) in [5.74, 6) is 5.67. The molecule has 0 aliphatic carbocycles. The van der Waals surface area contributed by atoms with Gasteiger partial charge in [0.2, 0.25) is 0 Å². The van der Waals surface area contributed by atoms with Gasteiger partial charge in [0, 0.05) is 5.39 Å². The molecular weight excluding hydrogens is 244 g/mol. The fourth-order valence-electron chi connectivity index (χ4n) is 2.92. The molecule has 0 aliphatic heterocycles. The Morgan fingerprint density at radius 3 is 2.15 bits per heavy atom. The second kappa shape index (κ2) is 4.22. The van der Waals surface area contributed by atoms with E-state index in [-0.39, 0.29) is 0 Å². The van der Waals surface area contributed by atoms with E-state index < -0.39 is 0 Å². The molecule has 3 N–H and O–H groups in total. The number of nitrogens with two attached hydrogens (primary N) is 1. The number of rotatable bonds is 1. The van der Waals surface area contributed by atoms with Gasteiger partial charge < -0.3 is 5.43 Å². The van der Waals surface area contributed by atoms with E-state index in [9.17, 15) is 0 Å². The van der Waals surface area contributed by atoms with Crippen molar-refractivity contribution in [2.75, 3.05) is 5.43 Å². The molecule has 0 aliphatic rings. The van der Waals surface area contributed by atoms with E-state index in [1.54, 1.807) is 0 Å². The second-order valence-electron chi connectivity index (χ2n) is 5.03. The summed E-state index contributed by atoms with van der Waals surface area (Å²) in [4.78, 5) is 0. The van der Waals surface area contributed by atoms with Crippen molar-refractivity contribution in [3.63, 3.8) is 0 Å². The van der Waals surface area contributed by atoms with E-state index in [1.165, 1.54) is 32.3 Å². The van der Waals surface area contributed by atoms with Gasteiger partial charge in [-0.05, 0) is 45.1 Å². The van der Waals surface area contributed by atoms with Crippen LogP contribution in [0.5, 0.6) is 0 Å². The average Bonchev–Trinajstić information content (AvgIpc) is 2.52. The smallest absolute Gasteiger partial charge is 0.0569 e. The first-order valence-corrected chi connectivity index (χ1v) is 6.68. The number of hydrazine groups is 1. The van der Waals surface area contributed by atoms with Gasteiger partial charge in [-0.1, -0.05) is 48.5 Å². The van der Waals surface area contributed by atoms with Gasteiger partial charge in [-0.25, -0.2) is 0 Å². The molecule has 0 bridgehead atoms. The van der Waals surface area contributed by atoms with Gasteiger partial charge in [0.25, 0.3) is 0 Å². The lowest BCUT2D eigenvalue weighted by Crippen LogP contribution is -2.06. The third-order valence-electron chi connectivity index (χ3n) is 3.88. The van der Waals surface area contributed by atoms with Crippen LogP contribution in [0, 0.1) is 0 Å². The van der Waals surface area contributed by atoms with Crippen LogP contribution in [0.15, 0.2) is 66.7 Å². The molecular formula is C18H14N2. The molecule has 0 saturated heterocycles. The van der Waals surface area contributed by atoms with Gasteiger partial charge in [-0.15, -0.1) is 0 Å². The quantitative estimate of drug-likeness (QED) is 0.229. The van der Waals surface area contributed by atoms with Gasteiger partial charge in [0.05, 0.1) is 5.69 Å². The third-order valence-corrected chi connectivity index (χ3v) is 3.88. The Balaban J connectivity index is 2.25. The number of fused-ring (bicyclic) bond motifs is 4. The zero-order chi connectivity index (χ0) is 13.5. The van der Waals surface area contributed by atoms with E-state index >= 15 is 0 Å². The largest absolute Gasteiger partial charge is 0.323 e. The Bertz CT molecular complexity index is 942. The molecule has 4 rings (SSSR count). The number of anilines is 1. The summed E-state index contributed by atoms with van der Waals surface area (Å²) in [7, 11) is 0. The molecule has 96 valence electrons. The molecule has 4 aromatic carbocycles. The fraction of sp³-hybridized carbons (Fsp3) is 0. The van der Waals surface area contributed by atoms with Crippen LogP contribution in [0.4, 0.5) is 5.69 Å². The van der Waals surface area contributed by atoms with Crippen molar-refractivity contribution in [1.82, 2.24) is 0 Å². The van der Waals surface area contributed by atoms with Crippen LogP contribution in [0.2, 0.25) is 0 Å². The van der Waals surface area contributed by atoms with Crippen molar-refractivity contribution in [3.8, 4) is 0 Å². The lowest BCUT2D eigenvalue weighted by molar-refractivity contribution is 1.37.